The predicted octanol–water partition coefficient (Wildman–Crippen LogP) is 4.17. The average molecular weight is 275 g/mol. The average Bonchev–Trinajstić information content (AvgIpc) is 2.92. The van der Waals surface area contributed by atoms with Gasteiger partial charge in [-0.2, -0.15) is 0 Å². The molecule has 0 amide bonds. The zero-order chi connectivity index (χ0) is 13.7. The Kier molecular flexibility index (Phi) is 5.00. The molecule has 102 valence electrons. The van der Waals surface area contributed by atoms with Crippen molar-refractivity contribution in [2.75, 3.05) is 7.11 Å². The van der Waals surface area contributed by atoms with E-state index < -0.39 is 0 Å². The lowest BCUT2D eigenvalue weighted by Crippen LogP contribution is -2.18. The molecule has 1 N–H and O–H groups in total. The number of benzene rings is 1. The van der Waals surface area contributed by atoms with Crippen LogP contribution in [0, 0.1) is 0 Å². The van der Waals surface area contributed by atoms with E-state index in [-0.39, 0.29) is 6.04 Å². The standard InChI is InChI=1S/C16H21NOS/c1-4-13-9-10-14(19-13)11-17-12(2)15-7-5-6-8-16(15)18-3/h5-10,12,17H,4,11H2,1-3H3/t12-/m0/s1. The van der Waals surface area contributed by atoms with Gasteiger partial charge < -0.3 is 10.1 Å². The molecular formula is C16H21NOS. The third kappa shape index (κ3) is 3.58. The lowest BCUT2D eigenvalue weighted by Gasteiger charge is -2.16. The molecule has 1 heterocycles. The summed E-state index contributed by atoms with van der Waals surface area (Å²) in [6.07, 6.45) is 1.12. The van der Waals surface area contributed by atoms with Crippen LogP contribution < -0.4 is 10.1 Å². The van der Waals surface area contributed by atoms with Crippen LogP contribution in [0.1, 0.15) is 35.2 Å². The topological polar surface area (TPSA) is 21.3 Å². The minimum absolute atomic E-state index is 0.281. The fraction of sp³-hybridized carbons (Fsp3) is 0.375. The summed E-state index contributed by atoms with van der Waals surface area (Å²) in [5.74, 6) is 0.947. The predicted molar refractivity (Wildman–Crippen MR) is 81.9 cm³/mol. The number of methoxy groups -OCH3 is 1. The molecule has 0 bridgehead atoms. The van der Waals surface area contributed by atoms with E-state index >= 15 is 0 Å². The van der Waals surface area contributed by atoms with Crippen LogP contribution in [0.4, 0.5) is 0 Å². The SMILES string of the molecule is CCc1ccc(CN[C@@H](C)c2ccccc2OC)s1. The number of hydrogen-bond donors (Lipinski definition) is 1. The van der Waals surface area contributed by atoms with E-state index in [0.717, 1.165) is 18.7 Å². The number of nitrogens with one attached hydrogen (secondary N) is 1. The highest BCUT2D eigenvalue weighted by Crippen LogP contribution is 2.25. The molecule has 2 nitrogen and oxygen atoms in total. The molecule has 0 aliphatic heterocycles. The van der Waals surface area contributed by atoms with Crippen LogP contribution in [0.3, 0.4) is 0 Å². The van der Waals surface area contributed by atoms with E-state index in [4.69, 9.17) is 4.74 Å². The highest BCUT2D eigenvalue weighted by Gasteiger charge is 2.10. The molecule has 0 fully saturated rings. The second-order valence-electron chi connectivity index (χ2n) is 4.57. The van der Waals surface area contributed by atoms with Gasteiger partial charge >= 0.3 is 0 Å². The Morgan fingerprint density at radius 1 is 1.16 bits per heavy atom. The first-order valence-corrected chi connectivity index (χ1v) is 7.50. The summed E-state index contributed by atoms with van der Waals surface area (Å²) in [7, 11) is 1.72. The zero-order valence-corrected chi connectivity index (χ0v) is 12.6. The van der Waals surface area contributed by atoms with Crippen molar-refractivity contribution in [1.29, 1.82) is 0 Å². The van der Waals surface area contributed by atoms with E-state index in [0.29, 0.717) is 0 Å². The van der Waals surface area contributed by atoms with E-state index in [2.05, 4.69) is 43.4 Å². The second kappa shape index (κ2) is 6.73. The number of hydrogen-bond acceptors (Lipinski definition) is 3. The summed E-state index contributed by atoms with van der Waals surface area (Å²) in [5.41, 5.74) is 1.21. The molecule has 0 saturated heterocycles. The largest absolute Gasteiger partial charge is 0.496 e. The van der Waals surface area contributed by atoms with Crippen LogP contribution in [0.2, 0.25) is 0 Å². The number of para-hydroxylation sites is 1. The van der Waals surface area contributed by atoms with Gasteiger partial charge in [0.25, 0.3) is 0 Å². The smallest absolute Gasteiger partial charge is 0.123 e. The highest BCUT2D eigenvalue weighted by atomic mass is 32.1. The van der Waals surface area contributed by atoms with Crippen LogP contribution in [0.5, 0.6) is 5.75 Å². The molecule has 19 heavy (non-hydrogen) atoms. The highest BCUT2D eigenvalue weighted by molar-refractivity contribution is 7.11. The van der Waals surface area contributed by atoms with Crippen LogP contribution in [-0.2, 0) is 13.0 Å². The maximum absolute atomic E-state index is 5.40. The van der Waals surface area contributed by atoms with Crippen LogP contribution in [-0.4, -0.2) is 7.11 Å². The molecule has 0 spiro atoms. The first-order valence-electron chi connectivity index (χ1n) is 6.68. The van der Waals surface area contributed by atoms with Crippen molar-refractivity contribution in [3.05, 3.63) is 51.7 Å². The molecule has 1 atom stereocenters. The van der Waals surface area contributed by atoms with Gasteiger partial charge in [0, 0.05) is 27.9 Å². The molecule has 2 rings (SSSR count). The number of thiophene rings is 1. The molecule has 0 aliphatic carbocycles. The first kappa shape index (κ1) is 14.1. The monoisotopic (exact) mass is 275 g/mol. The van der Waals surface area contributed by atoms with Gasteiger partial charge in [0.2, 0.25) is 0 Å². The zero-order valence-electron chi connectivity index (χ0n) is 11.8. The summed E-state index contributed by atoms with van der Waals surface area (Å²) in [6, 6.07) is 12.9. The van der Waals surface area contributed by atoms with Crippen molar-refractivity contribution in [2.24, 2.45) is 0 Å². The van der Waals surface area contributed by atoms with Gasteiger partial charge in [-0.25, -0.2) is 0 Å². The Morgan fingerprint density at radius 2 is 1.89 bits per heavy atom. The summed E-state index contributed by atoms with van der Waals surface area (Å²) < 4.78 is 5.40. The van der Waals surface area contributed by atoms with Crippen molar-refractivity contribution in [2.45, 2.75) is 32.9 Å². The molecule has 0 saturated carbocycles. The maximum atomic E-state index is 5.40. The lowest BCUT2D eigenvalue weighted by atomic mass is 10.1. The van der Waals surface area contributed by atoms with Crippen molar-refractivity contribution in [3.8, 4) is 5.75 Å². The van der Waals surface area contributed by atoms with Gasteiger partial charge in [-0.3, -0.25) is 0 Å². The number of aryl methyl sites for hydroxylation is 1. The third-order valence-corrected chi connectivity index (χ3v) is 4.48. The maximum Gasteiger partial charge on any atom is 0.123 e. The fourth-order valence-electron chi connectivity index (χ4n) is 2.10. The summed E-state index contributed by atoms with van der Waals surface area (Å²) >= 11 is 1.89. The Balaban J connectivity index is 1.98. The molecule has 0 unspecified atom stereocenters. The van der Waals surface area contributed by atoms with E-state index in [1.165, 1.54) is 15.3 Å². The normalized spacial score (nSPS) is 12.4. The van der Waals surface area contributed by atoms with Crippen molar-refractivity contribution in [3.63, 3.8) is 0 Å². The number of ether oxygens (including phenoxy) is 1. The molecule has 0 radical (unpaired) electrons. The molecule has 1 aromatic heterocycles. The minimum atomic E-state index is 0.281. The summed E-state index contributed by atoms with van der Waals surface area (Å²) in [4.78, 5) is 2.83. The van der Waals surface area contributed by atoms with Gasteiger partial charge in [0.1, 0.15) is 5.75 Å². The van der Waals surface area contributed by atoms with Gasteiger partial charge in [0.15, 0.2) is 0 Å². The Hall–Kier alpha value is -1.32. The van der Waals surface area contributed by atoms with Gasteiger partial charge in [-0.15, -0.1) is 11.3 Å². The second-order valence-corrected chi connectivity index (χ2v) is 5.82. The van der Waals surface area contributed by atoms with Crippen LogP contribution in [0.25, 0.3) is 0 Å². The van der Waals surface area contributed by atoms with E-state index in [1.54, 1.807) is 7.11 Å². The minimum Gasteiger partial charge on any atom is -0.496 e. The molecule has 0 aliphatic rings. The van der Waals surface area contributed by atoms with E-state index in [9.17, 15) is 0 Å². The Bertz CT molecular complexity index is 521. The Morgan fingerprint density at radius 3 is 2.58 bits per heavy atom. The quantitative estimate of drug-likeness (QED) is 0.854. The summed E-state index contributed by atoms with van der Waals surface area (Å²) in [6.45, 7) is 5.27. The summed E-state index contributed by atoms with van der Waals surface area (Å²) in [5, 5.41) is 3.56. The van der Waals surface area contributed by atoms with E-state index in [1.807, 2.05) is 23.5 Å². The van der Waals surface area contributed by atoms with Gasteiger partial charge in [0.05, 0.1) is 7.11 Å². The molecular weight excluding hydrogens is 254 g/mol. The Labute approximate surface area is 119 Å². The molecule has 1 aromatic carbocycles. The van der Waals surface area contributed by atoms with Gasteiger partial charge in [-0.1, -0.05) is 25.1 Å². The van der Waals surface area contributed by atoms with Crippen LogP contribution >= 0.6 is 11.3 Å². The van der Waals surface area contributed by atoms with Crippen molar-refractivity contribution < 1.29 is 4.74 Å². The van der Waals surface area contributed by atoms with Gasteiger partial charge in [-0.05, 0) is 31.5 Å². The van der Waals surface area contributed by atoms with Crippen molar-refractivity contribution >= 4 is 11.3 Å². The molecule has 2 aromatic rings. The fourth-order valence-corrected chi connectivity index (χ4v) is 3.00. The lowest BCUT2D eigenvalue weighted by molar-refractivity contribution is 0.401. The molecule has 3 heteroatoms. The number of rotatable bonds is 6. The third-order valence-electron chi connectivity index (χ3n) is 3.25. The van der Waals surface area contributed by atoms with Crippen molar-refractivity contribution in [1.82, 2.24) is 5.32 Å². The first-order chi connectivity index (χ1) is 9.24. The van der Waals surface area contributed by atoms with Crippen LogP contribution in [0.15, 0.2) is 36.4 Å².